The van der Waals surface area contributed by atoms with Crippen LogP contribution in [0.3, 0.4) is 0 Å². The molecule has 2 aromatic carbocycles. The second-order valence-corrected chi connectivity index (χ2v) is 12.5. The smallest absolute Gasteiger partial charge is 0.340 e. The Labute approximate surface area is 254 Å². The van der Waals surface area contributed by atoms with Crippen molar-refractivity contribution in [2.75, 3.05) is 55.9 Å². The van der Waals surface area contributed by atoms with Crippen LogP contribution < -0.4 is 14.5 Å². The van der Waals surface area contributed by atoms with Crippen LogP contribution in [0.1, 0.15) is 53.0 Å². The summed E-state index contributed by atoms with van der Waals surface area (Å²) < 4.78 is 11.4. The number of ether oxygens (including phenoxy) is 2. The maximum Gasteiger partial charge on any atom is 0.340 e. The van der Waals surface area contributed by atoms with Crippen molar-refractivity contribution in [2.24, 2.45) is 5.41 Å². The lowest BCUT2D eigenvalue weighted by atomic mass is 9.78. The molecule has 226 valence electrons. The van der Waals surface area contributed by atoms with Crippen molar-refractivity contribution >= 4 is 46.5 Å². The number of benzene rings is 2. The second-order valence-electron chi connectivity index (χ2n) is 11.7. The van der Waals surface area contributed by atoms with E-state index in [9.17, 15) is 14.7 Å². The largest absolute Gasteiger partial charge is 0.494 e. The Morgan fingerprint density at radius 3 is 2.34 bits per heavy atom. The van der Waals surface area contributed by atoms with E-state index in [2.05, 4.69) is 9.80 Å². The molecule has 0 aliphatic carbocycles. The number of nitrogens with zero attached hydrogens (tertiary/aromatic N) is 3. The number of carbonyl (C=O) groups excluding carboxylic acids is 2. The van der Waals surface area contributed by atoms with Crippen LogP contribution in [0.4, 0.5) is 11.4 Å². The molecular formula is C31H43Cl2N3O5. The first-order valence-electron chi connectivity index (χ1n) is 14.0. The standard InChI is InChI=1S/C31H43Cl2N3O5/c1-22-12-13-24(20-27(22)36(23(2)37)21-41-29(38)31(6,39)30(3,4)5)40-19-8-7-14-34-15-17-35(18-16-34)26-11-9-10-25(32)28(26)33/h9-13,20,39H,7-8,14-19,21H2,1-6H3. The van der Waals surface area contributed by atoms with Crippen molar-refractivity contribution in [2.45, 2.75) is 60.0 Å². The van der Waals surface area contributed by atoms with Gasteiger partial charge in [-0.3, -0.25) is 14.6 Å². The fourth-order valence-corrected chi connectivity index (χ4v) is 4.86. The molecule has 0 spiro atoms. The number of hydrogen-bond donors (Lipinski definition) is 1. The van der Waals surface area contributed by atoms with E-state index >= 15 is 0 Å². The average Bonchev–Trinajstić information content (AvgIpc) is 2.91. The van der Waals surface area contributed by atoms with Gasteiger partial charge >= 0.3 is 5.97 Å². The minimum atomic E-state index is -1.70. The van der Waals surface area contributed by atoms with E-state index in [1.165, 1.54) is 18.7 Å². The van der Waals surface area contributed by atoms with Crippen molar-refractivity contribution in [3.63, 3.8) is 0 Å². The molecule has 2 aromatic rings. The van der Waals surface area contributed by atoms with Gasteiger partial charge in [0, 0.05) is 44.6 Å². The molecule has 1 N–H and O–H groups in total. The SMILES string of the molecule is CC(=O)N(COC(=O)C(C)(O)C(C)(C)C)c1cc(OCCCCN2CCN(c3cccc(Cl)c3Cl)CC2)ccc1C. The topological polar surface area (TPSA) is 82.5 Å². The van der Waals surface area contributed by atoms with Gasteiger partial charge in [0.15, 0.2) is 12.3 Å². The highest BCUT2D eigenvalue weighted by Crippen LogP contribution is 2.33. The van der Waals surface area contributed by atoms with Crippen molar-refractivity contribution in [3.05, 3.63) is 52.0 Å². The number of anilines is 2. The minimum Gasteiger partial charge on any atom is -0.494 e. The average molecular weight is 609 g/mol. The summed E-state index contributed by atoms with van der Waals surface area (Å²) >= 11 is 12.6. The van der Waals surface area contributed by atoms with E-state index in [0.717, 1.165) is 56.8 Å². The summed E-state index contributed by atoms with van der Waals surface area (Å²) in [5.41, 5.74) is -0.00953. The van der Waals surface area contributed by atoms with Crippen LogP contribution in [0.15, 0.2) is 36.4 Å². The number of hydrogen-bond acceptors (Lipinski definition) is 7. The van der Waals surface area contributed by atoms with Gasteiger partial charge in [0.1, 0.15) is 5.75 Å². The second kappa shape index (κ2) is 14.1. The van der Waals surface area contributed by atoms with Gasteiger partial charge < -0.3 is 19.5 Å². The van der Waals surface area contributed by atoms with E-state index in [0.29, 0.717) is 28.1 Å². The van der Waals surface area contributed by atoms with Gasteiger partial charge in [0.05, 0.1) is 28.0 Å². The third-order valence-electron chi connectivity index (χ3n) is 7.82. The summed E-state index contributed by atoms with van der Waals surface area (Å²) in [5, 5.41) is 11.8. The molecule has 1 unspecified atom stereocenters. The van der Waals surface area contributed by atoms with Gasteiger partial charge in [0.2, 0.25) is 5.91 Å². The van der Waals surface area contributed by atoms with Gasteiger partial charge in [-0.25, -0.2) is 4.79 Å². The number of esters is 1. The van der Waals surface area contributed by atoms with Crippen molar-refractivity contribution in [3.8, 4) is 5.75 Å². The first kappa shape index (κ1) is 33.0. The van der Waals surface area contributed by atoms with E-state index in [1.54, 1.807) is 32.9 Å². The third-order valence-corrected chi connectivity index (χ3v) is 8.62. The van der Waals surface area contributed by atoms with Crippen LogP contribution in [-0.4, -0.2) is 73.5 Å². The summed E-state index contributed by atoms with van der Waals surface area (Å²) in [7, 11) is 0. The molecule has 1 saturated heterocycles. The van der Waals surface area contributed by atoms with Crippen molar-refractivity contribution in [1.82, 2.24) is 4.90 Å². The van der Waals surface area contributed by atoms with Crippen LogP contribution in [-0.2, 0) is 14.3 Å². The Hall–Kier alpha value is -2.52. The lowest BCUT2D eigenvalue weighted by Crippen LogP contribution is -2.49. The summed E-state index contributed by atoms with van der Waals surface area (Å²) in [6.45, 7) is 14.9. The van der Waals surface area contributed by atoms with Gasteiger partial charge in [0.25, 0.3) is 0 Å². The molecule has 1 heterocycles. The molecule has 0 bridgehead atoms. The molecule has 1 atom stereocenters. The van der Waals surface area contributed by atoms with Gasteiger partial charge in [-0.1, -0.05) is 56.1 Å². The summed E-state index contributed by atoms with van der Waals surface area (Å²) in [6, 6.07) is 11.3. The van der Waals surface area contributed by atoms with Crippen LogP contribution >= 0.6 is 23.2 Å². The highest BCUT2D eigenvalue weighted by Gasteiger charge is 2.44. The zero-order valence-electron chi connectivity index (χ0n) is 25.0. The number of piperazine rings is 1. The van der Waals surface area contributed by atoms with Crippen LogP contribution in [0, 0.1) is 12.3 Å². The zero-order chi connectivity index (χ0) is 30.4. The summed E-state index contributed by atoms with van der Waals surface area (Å²) in [4.78, 5) is 31.2. The summed E-state index contributed by atoms with van der Waals surface area (Å²) in [5.74, 6) is -0.431. The molecule has 1 aliphatic rings. The molecule has 10 heteroatoms. The Bertz CT molecular complexity index is 1210. The molecule has 1 amide bonds. The number of unbranched alkanes of at least 4 members (excludes halogenated alkanes) is 1. The van der Waals surface area contributed by atoms with E-state index < -0.39 is 17.0 Å². The van der Waals surface area contributed by atoms with Gasteiger partial charge in [-0.2, -0.15) is 0 Å². The third kappa shape index (κ3) is 8.51. The highest BCUT2D eigenvalue weighted by atomic mass is 35.5. The lowest BCUT2D eigenvalue weighted by Gasteiger charge is -2.36. The van der Waals surface area contributed by atoms with Gasteiger partial charge in [-0.15, -0.1) is 0 Å². The van der Waals surface area contributed by atoms with Crippen molar-refractivity contribution in [1.29, 1.82) is 0 Å². The maximum atomic E-state index is 12.6. The molecule has 0 aromatic heterocycles. The predicted octanol–water partition coefficient (Wildman–Crippen LogP) is 5.93. The first-order chi connectivity index (χ1) is 19.2. The van der Waals surface area contributed by atoms with Crippen LogP contribution in [0.5, 0.6) is 5.75 Å². The molecule has 8 nitrogen and oxygen atoms in total. The lowest BCUT2D eigenvalue weighted by molar-refractivity contribution is -0.175. The fraction of sp³-hybridized carbons (Fsp3) is 0.548. The van der Waals surface area contributed by atoms with Crippen LogP contribution in [0.25, 0.3) is 0 Å². The number of rotatable bonds is 11. The minimum absolute atomic E-state index is 0.286. The number of aryl methyl sites for hydroxylation is 1. The number of amides is 1. The molecule has 1 fully saturated rings. The first-order valence-corrected chi connectivity index (χ1v) is 14.8. The number of halogens is 2. The highest BCUT2D eigenvalue weighted by molar-refractivity contribution is 6.43. The normalized spacial score (nSPS) is 15.8. The van der Waals surface area contributed by atoms with E-state index in [4.69, 9.17) is 32.7 Å². The maximum absolute atomic E-state index is 12.6. The monoisotopic (exact) mass is 607 g/mol. The Balaban J connectivity index is 1.47. The van der Waals surface area contributed by atoms with E-state index in [-0.39, 0.29) is 12.6 Å². The molecule has 1 aliphatic heterocycles. The zero-order valence-corrected chi connectivity index (χ0v) is 26.5. The quantitative estimate of drug-likeness (QED) is 0.192. The Morgan fingerprint density at radius 1 is 1.02 bits per heavy atom. The molecule has 3 rings (SSSR count). The molecular weight excluding hydrogens is 565 g/mol. The fourth-order valence-electron chi connectivity index (χ4n) is 4.45. The Morgan fingerprint density at radius 2 is 1.71 bits per heavy atom. The predicted molar refractivity (Wildman–Crippen MR) is 165 cm³/mol. The Kier molecular flexibility index (Phi) is 11.3. The van der Waals surface area contributed by atoms with Crippen molar-refractivity contribution < 1.29 is 24.2 Å². The van der Waals surface area contributed by atoms with Gasteiger partial charge in [-0.05, 0) is 57.0 Å². The molecule has 0 saturated carbocycles. The van der Waals surface area contributed by atoms with Crippen LogP contribution in [0.2, 0.25) is 10.0 Å². The van der Waals surface area contributed by atoms with E-state index in [1.807, 2.05) is 31.2 Å². The molecule has 41 heavy (non-hydrogen) atoms. The number of aliphatic hydroxyl groups is 1. The molecule has 0 radical (unpaired) electrons. The number of carbonyl (C=O) groups is 2. The summed E-state index contributed by atoms with van der Waals surface area (Å²) in [6.07, 6.45) is 1.89.